The van der Waals surface area contributed by atoms with Crippen LogP contribution in [-0.2, 0) is 6.42 Å². The predicted octanol–water partition coefficient (Wildman–Crippen LogP) is 3.40. The maximum Gasteiger partial charge on any atom is 0.119 e. The van der Waals surface area contributed by atoms with Gasteiger partial charge in [-0.05, 0) is 47.7 Å². The highest BCUT2D eigenvalue weighted by Crippen LogP contribution is 2.38. The minimum atomic E-state index is 0.0381. The number of hydrogen-bond donors (Lipinski definition) is 2. The van der Waals surface area contributed by atoms with Gasteiger partial charge in [0.2, 0.25) is 0 Å². The second kappa shape index (κ2) is 6.19. The molecule has 21 heavy (non-hydrogen) atoms. The van der Waals surface area contributed by atoms with Crippen LogP contribution in [0.5, 0.6) is 5.75 Å². The molecule has 0 bridgehead atoms. The Morgan fingerprint density at radius 3 is 2.67 bits per heavy atom. The zero-order chi connectivity index (χ0) is 14.7. The van der Waals surface area contributed by atoms with Crippen LogP contribution >= 0.6 is 0 Å². The van der Waals surface area contributed by atoms with Gasteiger partial charge in [-0.2, -0.15) is 0 Å². The third-order valence-corrected chi connectivity index (χ3v) is 4.04. The normalized spacial score (nSPS) is 20.1. The lowest BCUT2D eigenvalue weighted by atomic mass is 10.0. The fourth-order valence-electron chi connectivity index (χ4n) is 3.01. The number of aliphatic hydroxyl groups is 1. The van der Waals surface area contributed by atoms with Gasteiger partial charge in [0.05, 0.1) is 12.6 Å². The van der Waals surface area contributed by atoms with E-state index in [1.54, 1.807) is 0 Å². The number of hydrogen-bond acceptors (Lipinski definition) is 3. The zero-order valence-electron chi connectivity index (χ0n) is 12.3. The van der Waals surface area contributed by atoms with Crippen molar-refractivity contribution in [2.24, 2.45) is 5.92 Å². The van der Waals surface area contributed by atoms with Crippen LogP contribution in [0.4, 0.5) is 5.69 Å². The first kappa shape index (κ1) is 14.0. The van der Waals surface area contributed by atoms with Crippen LogP contribution in [0.3, 0.4) is 0 Å². The Hall–Kier alpha value is -2.00. The van der Waals surface area contributed by atoms with Crippen LogP contribution in [-0.4, -0.2) is 18.3 Å². The number of nitrogens with one attached hydrogen (secondary N) is 1. The summed E-state index contributed by atoms with van der Waals surface area (Å²) in [6, 6.07) is 17.0. The SMILES string of the molecule is CC1Cc2ccccc2C1Nc1ccc(OCCO)cc1. The Morgan fingerprint density at radius 2 is 1.90 bits per heavy atom. The van der Waals surface area contributed by atoms with E-state index in [0.717, 1.165) is 17.9 Å². The summed E-state index contributed by atoms with van der Waals surface area (Å²) in [5.41, 5.74) is 3.95. The zero-order valence-corrected chi connectivity index (χ0v) is 12.3. The Balaban J connectivity index is 1.72. The molecule has 2 unspecified atom stereocenters. The lowest BCUT2D eigenvalue weighted by Gasteiger charge is -2.20. The summed E-state index contributed by atoms with van der Waals surface area (Å²) in [4.78, 5) is 0. The molecule has 0 spiro atoms. The van der Waals surface area contributed by atoms with Gasteiger partial charge in [-0.1, -0.05) is 31.2 Å². The maximum absolute atomic E-state index is 8.76. The predicted molar refractivity (Wildman–Crippen MR) is 84.7 cm³/mol. The molecule has 2 atom stereocenters. The number of aliphatic hydroxyl groups excluding tert-OH is 1. The number of ether oxygens (including phenoxy) is 1. The smallest absolute Gasteiger partial charge is 0.119 e. The minimum Gasteiger partial charge on any atom is -0.491 e. The quantitative estimate of drug-likeness (QED) is 0.883. The molecule has 0 heterocycles. The molecule has 3 rings (SSSR count). The molecule has 2 N–H and O–H groups in total. The lowest BCUT2D eigenvalue weighted by molar-refractivity contribution is 0.201. The molecule has 0 saturated carbocycles. The first-order chi connectivity index (χ1) is 10.3. The summed E-state index contributed by atoms with van der Waals surface area (Å²) < 4.78 is 5.38. The highest BCUT2D eigenvalue weighted by Gasteiger charge is 2.28. The second-order valence-electron chi connectivity index (χ2n) is 5.60. The van der Waals surface area contributed by atoms with Gasteiger partial charge in [0.1, 0.15) is 12.4 Å². The van der Waals surface area contributed by atoms with Crippen molar-refractivity contribution in [1.29, 1.82) is 0 Å². The maximum atomic E-state index is 8.76. The summed E-state index contributed by atoms with van der Waals surface area (Å²) in [6.07, 6.45) is 1.13. The first-order valence-electron chi connectivity index (χ1n) is 7.46. The van der Waals surface area contributed by atoms with Gasteiger partial charge >= 0.3 is 0 Å². The van der Waals surface area contributed by atoms with Crippen molar-refractivity contribution >= 4 is 5.69 Å². The standard InChI is InChI=1S/C18H21NO2/c1-13-12-14-4-2-3-5-17(14)18(13)19-15-6-8-16(9-7-15)21-11-10-20/h2-9,13,18-20H,10-12H2,1H3. The lowest BCUT2D eigenvalue weighted by Crippen LogP contribution is -2.14. The van der Waals surface area contributed by atoms with Crippen molar-refractivity contribution in [3.05, 3.63) is 59.7 Å². The summed E-state index contributed by atoms with van der Waals surface area (Å²) in [5, 5.41) is 12.4. The van der Waals surface area contributed by atoms with Crippen LogP contribution in [0.2, 0.25) is 0 Å². The van der Waals surface area contributed by atoms with Crippen molar-refractivity contribution in [1.82, 2.24) is 0 Å². The Bertz CT molecular complexity index is 594. The highest BCUT2D eigenvalue weighted by atomic mass is 16.5. The average molecular weight is 283 g/mol. The molecular weight excluding hydrogens is 262 g/mol. The van der Waals surface area contributed by atoms with E-state index in [2.05, 4.69) is 36.5 Å². The van der Waals surface area contributed by atoms with Gasteiger partial charge in [-0.25, -0.2) is 0 Å². The molecule has 0 saturated heterocycles. The number of benzene rings is 2. The molecule has 0 aromatic heterocycles. The van der Waals surface area contributed by atoms with Crippen LogP contribution < -0.4 is 10.1 Å². The number of anilines is 1. The molecule has 3 heteroatoms. The Morgan fingerprint density at radius 1 is 1.14 bits per heavy atom. The number of rotatable bonds is 5. The summed E-state index contributed by atoms with van der Waals surface area (Å²) in [6.45, 7) is 2.66. The van der Waals surface area contributed by atoms with E-state index in [0.29, 0.717) is 18.6 Å². The Kier molecular flexibility index (Phi) is 4.11. The van der Waals surface area contributed by atoms with Gasteiger partial charge in [0.15, 0.2) is 0 Å². The molecule has 0 radical (unpaired) electrons. The van der Waals surface area contributed by atoms with E-state index < -0.39 is 0 Å². The van der Waals surface area contributed by atoms with Gasteiger partial charge in [0, 0.05) is 5.69 Å². The van der Waals surface area contributed by atoms with Gasteiger partial charge < -0.3 is 15.2 Å². The molecule has 1 aliphatic carbocycles. The van der Waals surface area contributed by atoms with Crippen molar-refractivity contribution in [2.75, 3.05) is 18.5 Å². The van der Waals surface area contributed by atoms with E-state index in [1.165, 1.54) is 11.1 Å². The summed E-state index contributed by atoms with van der Waals surface area (Å²) in [5.74, 6) is 1.38. The van der Waals surface area contributed by atoms with Gasteiger partial charge in [0.25, 0.3) is 0 Å². The molecule has 2 aromatic rings. The van der Waals surface area contributed by atoms with Gasteiger partial charge in [-0.3, -0.25) is 0 Å². The summed E-state index contributed by atoms with van der Waals surface area (Å²) in [7, 11) is 0. The van der Waals surface area contributed by atoms with Crippen molar-refractivity contribution < 1.29 is 9.84 Å². The van der Waals surface area contributed by atoms with Crippen molar-refractivity contribution in [3.63, 3.8) is 0 Å². The Labute approximate surface area is 125 Å². The van der Waals surface area contributed by atoms with E-state index in [-0.39, 0.29) is 6.61 Å². The third kappa shape index (κ3) is 3.03. The largest absolute Gasteiger partial charge is 0.491 e. The molecule has 3 nitrogen and oxygen atoms in total. The molecule has 110 valence electrons. The van der Waals surface area contributed by atoms with Crippen LogP contribution in [0.1, 0.15) is 24.1 Å². The molecule has 2 aromatic carbocycles. The molecule has 1 aliphatic rings. The fourth-order valence-corrected chi connectivity index (χ4v) is 3.01. The molecular formula is C18H21NO2. The topological polar surface area (TPSA) is 41.5 Å². The van der Waals surface area contributed by atoms with Crippen LogP contribution in [0.25, 0.3) is 0 Å². The van der Waals surface area contributed by atoms with Crippen LogP contribution in [0.15, 0.2) is 48.5 Å². The second-order valence-corrected chi connectivity index (χ2v) is 5.60. The van der Waals surface area contributed by atoms with Crippen molar-refractivity contribution in [3.8, 4) is 5.75 Å². The van der Waals surface area contributed by atoms with Crippen LogP contribution in [0, 0.1) is 5.92 Å². The monoisotopic (exact) mass is 283 g/mol. The fraction of sp³-hybridized carbons (Fsp3) is 0.333. The molecule has 0 fully saturated rings. The van der Waals surface area contributed by atoms with E-state index in [9.17, 15) is 0 Å². The average Bonchev–Trinajstić information content (AvgIpc) is 2.83. The van der Waals surface area contributed by atoms with Crippen molar-refractivity contribution in [2.45, 2.75) is 19.4 Å². The first-order valence-corrected chi connectivity index (χ1v) is 7.46. The van der Waals surface area contributed by atoms with E-state index >= 15 is 0 Å². The minimum absolute atomic E-state index is 0.0381. The van der Waals surface area contributed by atoms with E-state index in [4.69, 9.17) is 9.84 Å². The molecule has 0 aliphatic heterocycles. The molecule has 0 amide bonds. The van der Waals surface area contributed by atoms with E-state index in [1.807, 2.05) is 24.3 Å². The summed E-state index contributed by atoms with van der Waals surface area (Å²) >= 11 is 0. The third-order valence-electron chi connectivity index (χ3n) is 4.04. The highest BCUT2D eigenvalue weighted by molar-refractivity contribution is 5.50. The van der Waals surface area contributed by atoms with Gasteiger partial charge in [-0.15, -0.1) is 0 Å². The number of fused-ring (bicyclic) bond motifs is 1.